The molecule has 0 aliphatic carbocycles. The van der Waals surface area contributed by atoms with Crippen LogP contribution in [-0.2, 0) is 27.3 Å². The molecule has 2 fully saturated rings. The van der Waals surface area contributed by atoms with E-state index < -0.39 is 23.1 Å². The summed E-state index contributed by atoms with van der Waals surface area (Å²) >= 11 is 0. The molecular weight excluding hydrogens is 667 g/mol. The third kappa shape index (κ3) is 10.1. The number of carboxylic acids is 1. The van der Waals surface area contributed by atoms with Gasteiger partial charge in [0.05, 0.1) is 17.6 Å². The zero-order valence-electron chi connectivity index (χ0n) is 31.2. The number of carbonyl (C=O) groups excluding carboxylic acids is 3. The van der Waals surface area contributed by atoms with Crippen LogP contribution in [0, 0.1) is 11.8 Å². The van der Waals surface area contributed by atoms with Gasteiger partial charge in [0.15, 0.2) is 11.4 Å². The number of carbonyl (C=O) groups is 4. The number of nitrogens with zero attached hydrogens (tertiary/aromatic N) is 6. The molecule has 6 rings (SSSR count). The summed E-state index contributed by atoms with van der Waals surface area (Å²) in [5, 5.41) is 19.4. The normalized spacial score (nSPS) is 14.6. The molecule has 4 heterocycles. The van der Waals surface area contributed by atoms with Crippen LogP contribution in [0.5, 0.6) is 0 Å². The van der Waals surface area contributed by atoms with E-state index in [4.69, 9.17) is 14.2 Å². The number of ether oxygens (including phenoxy) is 3. The van der Waals surface area contributed by atoms with Gasteiger partial charge in [-0.1, -0.05) is 36.4 Å². The molecule has 2 aromatic heterocycles. The van der Waals surface area contributed by atoms with Crippen LogP contribution < -0.4 is 18.9 Å². The standard InChI is InChI=1S/C19H25N3O4.C17H21N3O4.Li.H2O/c1-5-25-17(23)16-14-8-6-7-9-15(14)22(20-16)12-13-10-21(11-13)18(24)26-19(2,3)4;1-17(2,3)24-16(23)19-8-11(9-19)10-20-13-7-5-4-6-12(13)14(18-20)15(21)22;;/h6-9,13H,5,10-12H2,1-4H3;4-7,11H,8-10H2,1-3H3,(H,21,22);;1H2/q;;+1;/p-1. The van der Waals surface area contributed by atoms with Crippen LogP contribution in [0.1, 0.15) is 69.4 Å². The van der Waals surface area contributed by atoms with Crippen LogP contribution in [0.15, 0.2) is 48.5 Å². The second-order valence-electron chi connectivity index (χ2n) is 14.6. The SMILES string of the molecule is CC(C)(C)OC(=O)N1CC(Cn2nc(C(=O)O)c3ccccc32)C1.CCOC(=O)c1nn(CC2CN(C(=O)OC(C)(C)C)C2)c2ccccc12.[Li+].[OH-]. The molecule has 0 saturated carbocycles. The van der Waals surface area contributed by atoms with E-state index in [1.165, 1.54) is 0 Å². The summed E-state index contributed by atoms with van der Waals surface area (Å²) in [6.07, 6.45) is -0.596. The van der Waals surface area contributed by atoms with E-state index in [1.807, 2.05) is 82.6 Å². The molecule has 2 amide bonds. The fourth-order valence-corrected chi connectivity index (χ4v) is 5.85. The molecule has 0 spiro atoms. The van der Waals surface area contributed by atoms with E-state index in [0.717, 1.165) is 16.4 Å². The van der Waals surface area contributed by atoms with Crippen molar-refractivity contribution in [2.24, 2.45) is 11.8 Å². The van der Waals surface area contributed by atoms with Crippen molar-refractivity contribution >= 4 is 45.9 Å². The molecule has 2 aliphatic rings. The van der Waals surface area contributed by atoms with E-state index in [9.17, 15) is 24.3 Å². The van der Waals surface area contributed by atoms with Crippen molar-refractivity contribution in [2.45, 2.75) is 72.8 Å². The first-order valence-corrected chi connectivity index (χ1v) is 16.8. The van der Waals surface area contributed by atoms with Gasteiger partial charge in [-0.3, -0.25) is 9.36 Å². The number of hydrogen-bond acceptors (Lipinski definition) is 10. The van der Waals surface area contributed by atoms with Crippen LogP contribution in [0.25, 0.3) is 21.8 Å². The van der Waals surface area contributed by atoms with Gasteiger partial charge in [0.25, 0.3) is 0 Å². The molecule has 0 atom stereocenters. The Balaban J connectivity index is 0.000000271. The average molecular weight is 715 g/mol. The first-order chi connectivity index (χ1) is 23.5. The Hall–Kier alpha value is -4.58. The van der Waals surface area contributed by atoms with Gasteiger partial charge in [-0.05, 0) is 60.6 Å². The molecule has 2 aromatic carbocycles. The number of carboxylic acid groups (broad SMARTS) is 1. The Morgan fingerprint density at radius 3 is 1.48 bits per heavy atom. The van der Waals surface area contributed by atoms with Gasteiger partial charge in [-0.25, -0.2) is 19.2 Å². The Morgan fingerprint density at radius 1 is 0.712 bits per heavy atom. The van der Waals surface area contributed by atoms with Crippen LogP contribution in [0.2, 0.25) is 0 Å². The first-order valence-electron chi connectivity index (χ1n) is 16.8. The van der Waals surface area contributed by atoms with Crippen molar-refractivity contribution in [2.75, 3.05) is 32.8 Å². The second-order valence-corrected chi connectivity index (χ2v) is 14.6. The number of benzene rings is 2. The molecule has 276 valence electrons. The van der Waals surface area contributed by atoms with Crippen molar-refractivity contribution in [3.63, 3.8) is 0 Å². The minimum absolute atomic E-state index is 0. The first kappa shape index (κ1) is 41.8. The molecular formula is C36H47LiN6O9. The number of likely N-dealkylation sites (tertiary alicyclic amines) is 2. The van der Waals surface area contributed by atoms with Gasteiger partial charge < -0.3 is 34.6 Å². The van der Waals surface area contributed by atoms with E-state index in [2.05, 4.69) is 10.2 Å². The summed E-state index contributed by atoms with van der Waals surface area (Å²) in [5.41, 5.74) is 1.10. The van der Waals surface area contributed by atoms with E-state index in [0.29, 0.717) is 57.0 Å². The molecule has 4 aromatic rings. The summed E-state index contributed by atoms with van der Waals surface area (Å²) < 4.78 is 19.4. The maximum atomic E-state index is 12.1. The van der Waals surface area contributed by atoms with Crippen molar-refractivity contribution in [3.8, 4) is 0 Å². The Morgan fingerprint density at radius 2 is 1.10 bits per heavy atom. The monoisotopic (exact) mass is 714 g/mol. The van der Waals surface area contributed by atoms with Crippen molar-refractivity contribution in [1.29, 1.82) is 0 Å². The fraction of sp³-hybridized carbons (Fsp3) is 0.500. The minimum Gasteiger partial charge on any atom is -0.870 e. The fourth-order valence-electron chi connectivity index (χ4n) is 5.85. The van der Waals surface area contributed by atoms with Crippen LogP contribution in [0.3, 0.4) is 0 Å². The van der Waals surface area contributed by atoms with Gasteiger partial charge in [-0.2, -0.15) is 10.2 Å². The molecule has 15 nitrogen and oxygen atoms in total. The predicted octanol–water partition coefficient (Wildman–Crippen LogP) is 2.51. The van der Waals surface area contributed by atoms with E-state index in [-0.39, 0.29) is 54.1 Å². The third-order valence-corrected chi connectivity index (χ3v) is 8.07. The number of amides is 2. The summed E-state index contributed by atoms with van der Waals surface area (Å²) in [5.74, 6) is -0.927. The topological polar surface area (TPSA) is 188 Å². The van der Waals surface area contributed by atoms with Gasteiger partial charge in [-0.15, -0.1) is 0 Å². The second kappa shape index (κ2) is 16.8. The van der Waals surface area contributed by atoms with E-state index >= 15 is 0 Å². The summed E-state index contributed by atoms with van der Waals surface area (Å²) in [7, 11) is 0. The minimum atomic E-state index is -1.03. The number of aromatic carboxylic acids is 1. The van der Waals surface area contributed by atoms with Gasteiger partial charge in [0.1, 0.15) is 11.2 Å². The Bertz CT molecular complexity index is 1880. The molecule has 16 heteroatoms. The average Bonchev–Trinajstić information content (AvgIpc) is 3.54. The number of hydrogen-bond donors (Lipinski definition) is 1. The molecule has 52 heavy (non-hydrogen) atoms. The number of aromatic nitrogens is 4. The van der Waals surface area contributed by atoms with Crippen LogP contribution in [0.4, 0.5) is 9.59 Å². The van der Waals surface area contributed by atoms with E-state index in [1.54, 1.807) is 33.5 Å². The van der Waals surface area contributed by atoms with Crippen molar-refractivity contribution in [1.82, 2.24) is 29.4 Å². The molecule has 2 saturated heterocycles. The number of fused-ring (bicyclic) bond motifs is 2. The van der Waals surface area contributed by atoms with Gasteiger partial charge in [0.2, 0.25) is 0 Å². The van der Waals surface area contributed by atoms with Crippen molar-refractivity contribution < 1.29 is 62.8 Å². The maximum absolute atomic E-state index is 12.1. The zero-order valence-corrected chi connectivity index (χ0v) is 31.2. The zero-order chi connectivity index (χ0) is 36.4. The number of esters is 1. The third-order valence-electron chi connectivity index (χ3n) is 8.07. The van der Waals surface area contributed by atoms with Crippen LogP contribution >= 0.6 is 0 Å². The summed E-state index contributed by atoms with van der Waals surface area (Å²) in [4.78, 5) is 50.8. The van der Waals surface area contributed by atoms with Crippen molar-refractivity contribution in [3.05, 3.63) is 59.9 Å². The smallest absolute Gasteiger partial charge is 0.870 e. The Labute approximate surface area is 314 Å². The largest absolute Gasteiger partial charge is 1.00 e. The Kier molecular flexibility index (Phi) is 13.5. The number of rotatable bonds is 7. The maximum Gasteiger partial charge on any atom is 1.00 e. The summed E-state index contributed by atoms with van der Waals surface area (Å²) in [6.45, 7) is 16.8. The molecule has 2 N–H and O–H groups in total. The molecule has 2 aliphatic heterocycles. The molecule has 0 unspecified atom stereocenters. The molecule has 0 bridgehead atoms. The quantitative estimate of drug-likeness (QED) is 0.168. The predicted molar refractivity (Wildman–Crippen MR) is 187 cm³/mol. The summed E-state index contributed by atoms with van der Waals surface area (Å²) in [6, 6.07) is 14.9. The number of para-hydroxylation sites is 2. The van der Waals surface area contributed by atoms with Gasteiger partial charge in [0, 0.05) is 61.9 Å². The van der Waals surface area contributed by atoms with Gasteiger partial charge >= 0.3 is 43.0 Å². The molecule has 0 radical (unpaired) electrons. The van der Waals surface area contributed by atoms with Crippen LogP contribution in [-0.4, -0.2) is 108 Å².